The van der Waals surface area contributed by atoms with Crippen LogP contribution in [0.1, 0.15) is 0 Å². The fraction of sp³-hybridized carbons (Fsp3) is 0.0833. The van der Waals surface area contributed by atoms with Crippen LogP contribution >= 0.6 is 11.3 Å². The Hall–Kier alpha value is -4.09. The number of para-hydroxylation sites is 1. The van der Waals surface area contributed by atoms with Gasteiger partial charge in [-0.15, -0.1) is 11.3 Å². The summed E-state index contributed by atoms with van der Waals surface area (Å²) in [5.41, 5.74) is 2.39. The first-order valence-electron chi connectivity index (χ1n) is 10.4. The lowest BCUT2D eigenvalue weighted by molar-refractivity contribution is 0.416. The molecule has 176 valence electrons. The standard InChI is InChI=1S/C24H19N5O4S2/c1-33-22-9-4-3-8-18(22)19-15-34-24(26-19)29-20(10-12-25-29)23-21(30)11-13-28(27-23)16-6-5-7-17(14-16)35(2,31)32/h3-15H,1-2H3. The minimum Gasteiger partial charge on any atom is -0.496 e. The van der Waals surface area contributed by atoms with Crippen LogP contribution in [0.5, 0.6) is 5.75 Å². The predicted molar refractivity (Wildman–Crippen MR) is 133 cm³/mol. The maximum atomic E-state index is 12.8. The Kier molecular flexibility index (Phi) is 5.79. The van der Waals surface area contributed by atoms with Crippen LogP contribution in [0.15, 0.2) is 88.1 Å². The number of hydrogen-bond acceptors (Lipinski definition) is 8. The van der Waals surface area contributed by atoms with Crippen LogP contribution in [0.4, 0.5) is 0 Å². The van der Waals surface area contributed by atoms with Crippen molar-refractivity contribution in [3.8, 4) is 39.2 Å². The average molecular weight is 506 g/mol. The second kappa shape index (κ2) is 8.93. The van der Waals surface area contributed by atoms with Crippen molar-refractivity contribution in [2.24, 2.45) is 0 Å². The number of thiazole rings is 1. The molecule has 2 aromatic carbocycles. The fourth-order valence-electron chi connectivity index (χ4n) is 3.56. The predicted octanol–water partition coefficient (Wildman–Crippen LogP) is 3.62. The van der Waals surface area contributed by atoms with Crippen molar-refractivity contribution in [1.29, 1.82) is 0 Å². The molecular formula is C24H19N5O4S2. The topological polar surface area (TPSA) is 109 Å². The van der Waals surface area contributed by atoms with Gasteiger partial charge in [0.25, 0.3) is 0 Å². The van der Waals surface area contributed by atoms with Crippen LogP contribution in [-0.2, 0) is 9.84 Å². The van der Waals surface area contributed by atoms with E-state index in [0.29, 0.717) is 22.3 Å². The normalized spacial score (nSPS) is 11.5. The van der Waals surface area contributed by atoms with Crippen molar-refractivity contribution in [3.05, 3.63) is 88.7 Å². The summed E-state index contributed by atoms with van der Waals surface area (Å²) in [5, 5.41) is 11.3. The zero-order valence-electron chi connectivity index (χ0n) is 18.7. The number of nitrogens with zero attached hydrogens (tertiary/aromatic N) is 5. The molecule has 0 spiro atoms. The highest BCUT2D eigenvalue weighted by Crippen LogP contribution is 2.32. The first-order chi connectivity index (χ1) is 16.8. The van der Waals surface area contributed by atoms with Gasteiger partial charge in [0.2, 0.25) is 10.6 Å². The lowest BCUT2D eigenvalue weighted by Gasteiger charge is -2.09. The highest BCUT2D eigenvalue weighted by atomic mass is 32.2. The van der Waals surface area contributed by atoms with E-state index in [4.69, 9.17) is 9.72 Å². The van der Waals surface area contributed by atoms with Gasteiger partial charge in [0.15, 0.2) is 15.5 Å². The molecule has 0 saturated carbocycles. The van der Waals surface area contributed by atoms with E-state index < -0.39 is 9.84 Å². The quantitative estimate of drug-likeness (QED) is 0.347. The van der Waals surface area contributed by atoms with E-state index >= 15 is 0 Å². The van der Waals surface area contributed by atoms with Gasteiger partial charge in [-0.3, -0.25) is 4.79 Å². The van der Waals surface area contributed by atoms with Crippen LogP contribution in [0.25, 0.3) is 33.5 Å². The van der Waals surface area contributed by atoms with E-state index in [0.717, 1.165) is 17.5 Å². The monoisotopic (exact) mass is 505 g/mol. The van der Waals surface area contributed by atoms with E-state index in [9.17, 15) is 13.2 Å². The first kappa shape index (κ1) is 22.7. The molecule has 0 atom stereocenters. The third-order valence-electron chi connectivity index (χ3n) is 5.26. The maximum absolute atomic E-state index is 12.8. The zero-order chi connectivity index (χ0) is 24.6. The molecule has 0 bridgehead atoms. The number of methoxy groups -OCH3 is 1. The Bertz CT molecular complexity index is 1700. The van der Waals surface area contributed by atoms with Crippen molar-refractivity contribution in [3.63, 3.8) is 0 Å². The SMILES string of the molecule is COc1ccccc1-c1csc(-n2nccc2-c2nn(-c3cccc(S(C)(=O)=O)c3)ccc2=O)n1. The first-order valence-corrected chi connectivity index (χ1v) is 13.2. The minimum absolute atomic E-state index is 0.156. The van der Waals surface area contributed by atoms with E-state index in [1.807, 2.05) is 29.6 Å². The largest absolute Gasteiger partial charge is 0.496 e. The van der Waals surface area contributed by atoms with Gasteiger partial charge in [-0.2, -0.15) is 10.2 Å². The average Bonchev–Trinajstić information content (AvgIpc) is 3.54. The van der Waals surface area contributed by atoms with Crippen LogP contribution in [0, 0.1) is 0 Å². The maximum Gasteiger partial charge on any atom is 0.211 e. The number of sulfone groups is 1. The fourth-order valence-corrected chi connectivity index (χ4v) is 5.02. The molecule has 35 heavy (non-hydrogen) atoms. The van der Waals surface area contributed by atoms with Crippen LogP contribution in [0.2, 0.25) is 0 Å². The Morgan fingerprint density at radius 3 is 2.66 bits per heavy atom. The van der Waals surface area contributed by atoms with E-state index in [1.54, 1.807) is 36.2 Å². The zero-order valence-corrected chi connectivity index (χ0v) is 20.3. The molecule has 11 heteroatoms. The highest BCUT2D eigenvalue weighted by molar-refractivity contribution is 7.90. The minimum atomic E-state index is -3.40. The van der Waals surface area contributed by atoms with Gasteiger partial charge in [0.05, 0.1) is 29.6 Å². The molecule has 3 aromatic heterocycles. The van der Waals surface area contributed by atoms with Gasteiger partial charge in [0, 0.05) is 29.5 Å². The van der Waals surface area contributed by atoms with Crippen LogP contribution in [0.3, 0.4) is 0 Å². The van der Waals surface area contributed by atoms with Gasteiger partial charge in [-0.1, -0.05) is 18.2 Å². The molecule has 0 saturated heterocycles. The molecule has 0 aliphatic carbocycles. The molecule has 5 aromatic rings. The molecule has 0 N–H and O–H groups in total. The molecule has 0 unspecified atom stereocenters. The molecule has 5 rings (SSSR count). The third kappa shape index (κ3) is 4.38. The van der Waals surface area contributed by atoms with Gasteiger partial charge >= 0.3 is 0 Å². The summed E-state index contributed by atoms with van der Waals surface area (Å²) in [5.74, 6) is 0.703. The molecule has 9 nitrogen and oxygen atoms in total. The Balaban J connectivity index is 1.57. The second-order valence-electron chi connectivity index (χ2n) is 7.59. The van der Waals surface area contributed by atoms with E-state index in [1.165, 1.54) is 40.4 Å². The second-order valence-corrected chi connectivity index (χ2v) is 10.4. The molecule has 3 heterocycles. The molecule has 0 amide bonds. The summed E-state index contributed by atoms with van der Waals surface area (Å²) in [6, 6.07) is 17.0. The summed E-state index contributed by atoms with van der Waals surface area (Å²) in [6.07, 6.45) is 4.21. The smallest absolute Gasteiger partial charge is 0.211 e. The number of hydrogen-bond donors (Lipinski definition) is 0. The Morgan fingerprint density at radius 1 is 1.03 bits per heavy atom. The summed E-state index contributed by atoms with van der Waals surface area (Å²) in [6.45, 7) is 0. The molecule has 0 aliphatic heterocycles. The molecular weight excluding hydrogens is 486 g/mol. The summed E-state index contributed by atoms with van der Waals surface area (Å²) in [4.78, 5) is 17.6. The van der Waals surface area contributed by atoms with Crippen molar-refractivity contribution < 1.29 is 13.2 Å². The third-order valence-corrected chi connectivity index (χ3v) is 7.19. The van der Waals surface area contributed by atoms with Gasteiger partial charge < -0.3 is 4.74 Å². The molecule has 0 radical (unpaired) electrons. The van der Waals surface area contributed by atoms with Gasteiger partial charge in [-0.05, 0) is 36.4 Å². The number of rotatable bonds is 6. The summed E-state index contributed by atoms with van der Waals surface area (Å²) < 4.78 is 32.4. The summed E-state index contributed by atoms with van der Waals surface area (Å²) in [7, 11) is -1.79. The van der Waals surface area contributed by atoms with Crippen LogP contribution < -0.4 is 10.2 Å². The van der Waals surface area contributed by atoms with Crippen molar-refractivity contribution in [1.82, 2.24) is 24.5 Å². The van der Waals surface area contributed by atoms with E-state index in [-0.39, 0.29) is 16.0 Å². The Morgan fingerprint density at radius 2 is 1.86 bits per heavy atom. The van der Waals surface area contributed by atoms with E-state index in [2.05, 4.69) is 10.2 Å². The van der Waals surface area contributed by atoms with Crippen molar-refractivity contribution in [2.45, 2.75) is 4.90 Å². The highest BCUT2D eigenvalue weighted by Gasteiger charge is 2.18. The van der Waals surface area contributed by atoms with Crippen LogP contribution in [-0.4, -0.2) is 46.3 Å². The summed E-state index contributed by atoms with van der Waals surface area (Å²) >= 11 is 1.37. The lowest BCUT2D eigenvalue weighted by atomic mass is 10.1. The lowest BCUT2D eigenvalue weighted by Crippen LogP contribution is -2.15. The number of aromatic nitrogens is 5. The van der Waals surface area contributed by atoms with Crippen molar-refractivity contribution >= 4 is 21.2 Å². The van der Waals surface area contributed by atoms with Gasteiger partial charge in [-0.25, -0.2) is 22.8 Å². The Labute approximate surface area is 204 Å². The van der Waals surface area contributed by atoms with Crippen molar-refractivity contribution in [2.75, 3.05) is 13.4 Å². The molecule has 0 aliphatic rings. The molecule has 0 fully saturated rings. The number of benzene rings is 2. The number of ether oxygens (including phenoxy) is 1. The van der Waals surface area contributed by atoms with Gasteiger partial charge in [0.1, 0.15) is 11.4 Å².